The lowest BCUT2D eigenvalue weighted by atomic mass is 9.93. The van der Waals surface area contributed by atoms with E-state index in [1.807, 2.05) is 20.9 Å². The highest BCUT2D eigenvalue weighted by molar-refractivity contribution is 9.10. The molecule has 1 aromatic heterocycles. The molecule has 0 aliphatic carbocycles. The van der Waals surface area contributed by atoms with Crippen LogP contribution < -0.4 is 5.73 Å². The maximum absolute atomic E-state index is 6.17. The first-order valence-corrected chi connectivity index (χ1v) is 5.73. The van der Waals surface area contributed by atoms with Crippen LogP contribution in [0.1, 0.15) is 19.4 Å². The highest BCUT2D eigenvalue weighted by Crippen LogP contribution is 2.33. The van der Waals surface area contributed by atoms with Gasteiger partial charge in [0, 0.05) is 34.2 Å². The number of fused-ring (bicyclic) bond motifs is 1. The van der Waals surface area contributed by atoms with Crippen LogP contribution in [0.25, 0.3) is 10.9 Å². The number of nitrogens with two attached hydrogens (primary N) is 1. The van der Waals surface area contributed by atoms with E-state index in [9.17, 15) is 0 Å². The van der Waals surface area contributed by atoms with E-state index in [1.165, 1.54) is 16.5 Å². The first kappa shape index (κ1) is 10.7. The molecule has 3 heteroatoms. The van der Waals surface area contributed by atoms with Crippen LogP contribution in [0.3, 0.4) is 0 Å². The Bertz CT molecular complexity index is 506. The van der Waals surface area contributed by atoms with Gasteiger partial charge in [-0.25, -0.2) is 0 Å². The molecule has 0 fully saturated rings. The average Bonchev–Trinajstić information content (AvgIpc) is 2.41. The molecule has 0 radical (unpaired) electrons. The lowest BCUT2D eigenvalue weighted by Gasteiger charge is -2.20. The lowest BCUT2D eigenvalue weighted by Crippen LogP contribution is -2.28. The summed E-state index contributed by atoms with van der Waals surface area (Å²) in [7, 11) is 2.04. The van der Waals surface area contributed by atoms with Gasteiger partial charge in [0.15, 0.2) is 0 Å². The second-order valence-electron chi connectivity index (χ2n) is 4.51. The minimum atomic E-state index is -0.316. The SMILES string of the molecule is Cn1cc(Br)c2c(C(C)(C)N)cccc21. The van der Waals surface area contributed by atoms with Crippen molar-refractivity contribution in [1.82, 2.24) is 4.57 Å². The van der Waals surface area contributed by atoms with Crippen LogP contribution in [-0.2, 0) is 12.6 Å². The van der Waals surface area contributed by atoms with E-state index in [0.717, 1.165) is 4.47 Å². The summed E-state index contributed by atoms with van der Waals surface area (Å²) in [5, 5.41) is 1.22. The fourth-order valence-corrected chi connectivity index (χ4v) is 2.65. The number of rotatable bonds is 1. The van der Waals surface area contributed by atoms with Crippen molar-refractivity contribution in [3.63, 3.8) is 0 Å². The molecule has 0 aliphatic heterocycles. The molecule has 15 heavy (non-hydrogen) atoms. The largest absolute Gasteiger partial charge is 0.349 e. The van der Waals surface area contributed by atoms with Gasteiger partial charge in [-0.3, -0.25) is 0 Å². The summed E-state index contributed by atoms with van der Waals surface area (Å²) in [6, 6.07) is 6.25. The van der Waals surface area contributed by atoms with Gasteiger partial charge in [0.05, 0.1) is 0 Å². The van der Waals surface area contributed by atoms with Crippen LogP contribution in [-0.4, -0.2) is 4.57 Å². The van der Waals surface area contributed by atoms with Crippen LogP contribution in [0.5, 0.6) is 0 Å². The van der Waals surface area contributed by atoms with Crippen LogP contribution in [0.15, 0.2) is 28.9 Å². The molecule has 0 amide bonds. The molecular formula is C12H15BrN2. The van der Waals surface area contributed by atoms with Crippen LogP contribution in [0, 0.1) is 0 Å². The Labute approximate surface area is 98.2 Å². The predicted octanol–water partition coefficient (Wildman–Crippen LogP) is 3.13. The van der Waals surface area contributed by atoms with Gasteiger partial charge in [-0.1, -0.05) is 12.1 Å². The highest BCUT2D eigenvalue weighted by Gasteiger charge is 2.19. The number of halogens is 1. The molecule has 0 saturated heterocycles. The summed E-state index contributed by atoms with van der Waals surface area (Å²) in [6.45, 7) is 4.06. The molecule has 1 aromatic carbocycles. The van der Waals surface area contributed by atoms with E-state index < -0.39 is 0 Å². The van der Waals surface area contributed by atoms with Crippen molar-refractivity contribution in [2.24, 2.45) is 12.8 Å². The molecule has 1 heterocycles. The summed E-state index contributed by atoms with van der Waals surface area (Å²) in [5.41, 5.74) is 8.23. The first-order chi connectivity index (χ1) is 6.91. The van der Waals surface area contributed by atoms with E-state index in [1.54, 1.807) is 0 Å². The molecule has 80 valence electrons. The fourth-order valence-electron chi connectivity index (χ4n) is 1.93. The third kappa shape index (κ3) is 1.70. The number of hydrogen-bond acceptors (Lipinski definition) is 1. The zero-order valence-electron chi connectivity index (χ0n) is 9.21. The summed E-state index contributed by atoms with van der Waals surface area (Å²) >= 11 is 3.58. The number of aromatic nitrogens is 1. The standard InChI is InChI=1S/C12H15BrN2/c1-12(2,14)8-5-4-6-10-11(8)9(13)7-15(10)3/h4-7H,14H2,1-3H3. The molecule has 0 atom stereocenters. The number of benzene rings is 1. The quantitative estimate of drug-likeness (QED) is 0.845. The second kappa shape index (κ2) is 3.35. The Hall–Kier alpha value is -0.800. The van der Waals surface area contributed by atoms with E-state index in [4.69, 9.17) is 5.73 Å². The van der Waals surface area contributed by atoms with Crippen LogP contribution in [0.4, 0.5) is 0 Å². The van der Waals surface area contributed by atoms with E-state index in [-0.39, 0.29) is 5.54 Å². The van der Waals surface area contributed by atoms with Gasteiger partial charge in [0.2, 0.25) is 0 Å². The molecule has 0 unspecified atom stereocenters. The minimum Gasteiger partial charge on any atom is -0.349 e. The molecule has 0 aliphatic rings. The van der Waals surface area contributed by atoms with E-state index >= 15 is 0 Å². The number of aryl methyl sites for hydroxylation is 1. The van der Waals surface area contributed by atoms with Crippen molar-refractivity contribution in [1.29, 1.82) is 0 Å². The fraction of sp³-hybridized carbons (Fsp3) is 0.333. The molecule has 2 nitrogen and oxygen atoms in total. The van der Waals surface area contributed by atoms with Crippen LogP contribution in [0.2, 0.25) is 0 Å². The third-order valence-corrected chi connectivity index (χ3v) is 3.26. The summed E-state index contributed by atoms with van der Waals surface area (Å²) in [5.74, 6) is 0. The van der Waals surface area contributed by atoms with Crippen molar-refractivity contribution < 1.29 is 0 Å². The predicted molar refractivity (Wildman–Crippen MR) is 67.8 cm³/mol. The van der Waals surface area contributed by atoms with Gasteiger partial charge in [-0.2, -0.15) is 0 Å². The Morgan fingerprint density at radius 2 is 2.00 bits per heavy atom. The molecule has 0 bridgehead atoms. The van der Waals surface area contributed by atoms with Gasteiger partial charge in [-0.15, -0.1) is 0 Å². The third-order valence-electron chi connectivity index (χ3n) is 2.66. The lowest BCUT2D eigenvalue weighted by molar-refractivity contribution is 0.559. The van der Waals surface area contributed by atoms with Crippen molar-refractivity contribution >= 4 is 26.8 Å². The zero-order chi connectivity index (χ0) is 11.2. The average molecular weight is 267 g/mol. The van der Waals surface area contributed by atoms with Crippen molar-refractivity contribution in [3.05, 3.63) is 34.4 Å². The molecule has 2 N–H and O–H groups in total. The van der Waals surface area contributed by atoms with Crippen molar-refractivity contribution in [2.75, 3.05) is 0 Å². The van der Waals surface area contributed by atoms with Gasteiger partial charge in [0.25, 0.3) is 0 Å². The molecular weight excluding hydrogens is 252 g/mol. The molecule has 2 aromatic rings. The topological polar surface area (TPSA) is 30.9 Å². The smallest absolute Gasteiger partial charge is 0.0492 e. The van der Waals surface area contributed by atoms with Gasteiger partial charge >= 0.3 is 0 Å². The molecule has 2 rings (SSSR count). The highest BCUT2D eigenvalue weighted by atomic mass is 79.9. The van der Waals surface area contributed by atoms with Crippen molar-refractivity contribution in [3.8, 4) is 0 Å². The van der Waals surface area contributed by atoms with E-state index in [0.29, 0.717) is 0 Å². The maximum atomic E-state index is 6.17. The Morgan fingerprint density at radius 1 is 1.33 bits per heavy atom. The van der Waals surface area contributed by atoms with Crippen LogP contribution >= 0.6 is 15.9 Å². The second-order valence-corrected chi connectivity index (χ2v) is 5.36. The summed E-state index contributed by atoms with van der Waals surface area (Å²) < 4.78 is 3.21. The molecule has 0 spiro atoms. The molecule has 0 saturated carbocycles. The maximum Gasteiger partial charge on any atom is 0.0492 e. The monoisotopic (exact) mass is 266 g/mol. The van der Waals surface area contributed by atoms with Gasteiger partial charge in [-0.05, 0) is 41.4 Å². The normalized spacial score (nSPS) is 12.3. The summed E-state index contributed by atoms with van der Waals surface area (Å²) in [6.07, 6.45) is 2.07. The number of hydrogen-bond donors (Lipinski definition) is 1. The van der Waals surface area contributed by atoms with E-state index in [2.05, 4.69) is 44.9 Å². The first-order valence-electron chi connectivity index (χ1n) is 4.94. The zero-order valence-corrected chi connectivity index (χ0v) is 10.8. The minimum absolute atomic E-state index is 0.316. The van der Waals surface area contributed by atoms with Gasteiger partial charge in [0.1, 0.15) is 0 Å². The van der Waals surface area contributed by atoms with Crippen molar-refractivity contribution in [2.45, 2.75) is 19.4 Å². The van der Waals surface area contributed by atoms with Gasteiger partial charge < -0.3 is 10.3 Å². The Kier molecular flexibility index (Phi) is 2.40. The Morgan fingerprint density at radius 3 is 2.60 bits per heavy atom. The number of nitrogens with zero attached hydrogens (tertiary/aromatic N) is 1. The summed E-state index contributed by atoms with van der Waals surface area (Å²) in [4.78, 5) is 0. The Balaban J connectivity index is 2.87.